The van der Waals surface area contributed by atoms with Gasteiger partial charge in [-0.3, -0.25) is 9.36 Å². The number of nitrogens with one attached hydrogen (secondary N) is 1. The molecule has 1 atom stereocenters. The highest BCUT2D eigenvalue weighted by atomic mass is 16.3. The van der Waals surface area contributed by atoms with Gasteiger partial charge in [-0.05, 0) is 12.8 Å². The van der Waals surface area contributed by atoms with Crippen LogP contribution in [-0.4, -0.2) is 32.5 Å². The van der Waals surface area contributed by atoms with E-state index in [0.717, 1.165) is 36.7 Å². The smallest absolute Gasteiger partial charge is 0.328 e. The minimum Gasteiger partial charge on any atom is -0.394 e. The largest absolute Gasteiger partial charge is 0.394 e. The van der Waals surface area contributed by atoms with Gasteiger partial charge in [-0.15, -0.1) is 0 Å². The van der Waals surface area contributed by atoms with E-state index in [1.54, 1.807) is 0 Å². The van der Waals surface area contributed by atoms with Gasteiger partial charge >= 0.3 is 5.69 Å². The van der Waals surface area contributed by atoms with Crippen molar-refractivity contribution in [3.63, 3.8) is 0 Å². The van der Waals surface area contributed by atoms with E-state index in [4.69, 9.17) is 5.11 Å². The zero-order valence-electron chi connectivity index (χ0n) is 11.7. The Balaban J connectivity index is 2.47. The van der Waals surface area contributed by atoms with Crippen LogP contribution in [0.2, 0.25) is 0 Å². The van der Waals surface area contributed by atoms with Crippen molar-refractivity contribution in [1.82, 2.24) is 9.55 Å². The van der Waals surface area contributed by atoms with E-state index in [1.807, 2.05) is 6.07 Å². The second-order valence-electron chi connectivity index (χ2n) is 5.42. The second kappa shape index (κ2) is 6.70. The molecule has 1 heterocycles. The van der Waals surface area contributed by atoms with E-state index in [1.165, 1.54) is 0 Å². The topological polar surface area (TPSA) is 119 Å². The number of aliphatic hydroxyl groups is 2. The zero-order valence-corrected chi connectivity index (χ0v) is 11.7. The summed E-state index contributed by atoms with van der Waals surface area (Å²) in [5.41, 5.74) is -0.991. The Labute approximate surface area is 121 Å². The van der Waals surface area contributed by atoms with Gasteiger partial charge in [-0.2, -0.15) is 5.26 Å². The number of hydrogen-bond donors (Lipinski definition) is 3. The number of aromatic nitrogens is 2. The molecule has 0 amide bonds. The first-order valence-corrected chi connectivity index (χ1v) is 7.14. The molecule has 1 saturated carbocycles. The second-order valence-corrected chi connectivity index (χ2v) is 5.42. The summed E-state index contributed by atoms with van der Waals surface area (Å²) in [5.74, 6) is 0.0335. The Morgan fingerprint density at radius 1 is 1.33 bits per heavy atom. The summed E-state index contributed by atoms with van der Waals surface area (Å²) < 4.78 is 0.770. The quantitative estimate of drug-likeness (QED) is 0.711. The van der Waals surface area contributed by atoms with Crippen LogP contribution in [0.5, 0.6) is 0 Å². The Morgan fingerprint density at radius 3 is 2.57 bits per heavy atom. The Kier molecular flexibility index (Phi) is 4.94. The molecule has 114 valence electrons. The fraction of sp³-hybridized carbons (Fsp3) is 0.643. The Hall–Kier alpha value is -1.91. The van der Waals surface area contributed by atoms with E-state index in [2.05, 4.69) is 4.98 Å². The molecule has 1 aromatic heterocycles. The van der Waals surface area contributed by atoms with Gasteiger partial charge in [0.15, 0.2) is 0 Å². The maximum absolute atomic E-state index is 12.3. The first kappa shape index (κ1) is 15.5. The van der Waals surface area contributed by atoms with E-state index in [9.17, 15) is 20.0 Å². The Morgan fingerprint density at radius 2 is 2.00 bits per heavy atom. The van der Waals surface area contributed by atoms with Crippen LogP contribution in [0, 0.1) is 11.3 Å². The van der Waals surface area contributed by atoms with Crippen LogP contribution in [-0.2, 0) is 6.54 Å². The lowest BCUT2D eigenvalue weighted by molar-refractivity contribution is 0.0792. The molecule has 1 aromatic rings. The molecule has 0 radical (unpaired) electrons. The molecule has 7 heteroatoms. The zero-order chi connectivity index (χ0) is 15.4. The van der Waals surface area contributed by atoms with Gasteiger partial charge in [0.25, 0.3) is 5.56 Å². The monoisotopic (exact) mass is 293 g/mol. The van der Waals surface area contributed by atoms with Crippen LogP contribution >= 0.6 is 0 Å². The van der Waals surface area contributed by atoms with Crippen molar-refractivity contribution >= 4 is 0 Å². The minimum absolute atomic E-state index is 0.0335. The van der Waals surface area contributed by atoms with E-state index in [-0.39, 0.29) is 18.0 Å². The number of nitrogens with zero attached hydrogens (tertiary/aromatic N) is 2. The molecule has 0 unspecified atom stereocenters. The summed E-state index contributed by atoms with van der Waals surface area (Å²) in [5, 5.41) is 27.5. The summed E-state index contributed by atoms with van der Waals surface area (Å²) in [6.07, 6.45) is 3.66. The molecule has 2 rings (SSSR count). The van der Waals surface area contributed by atoms with Crippen molar-refractivity contribution in [3.8, 4) is 6.07 Å². The van der Waals surface area contributed by atoms with Crippen molar-refractivity contribution in [2.45, 2.75) is 50.7 Å². The highest BCUT2D eigenvalue weighted by Gasteiger charge is 2.23. The minimum atomic E-state index is -1.21. The van der Waals surface area contributed by atoms with Crippen molar-refractivity contribution in [2.24, 2.45) is 0 Å². The Bertz CT molecular complexity index is 650. The fourth-order valence-corrected chi connectivity index (χ4v) is 2.83. The molecule has 0 bridgehead atoms. The average molecular weight is 293 g/mol. The summed E-state index contributed by atoms with van der Waals surface area (Å²) in [6, 6.07) is 1.87. The summed E-state index contributed by atoms with van der Waals surface area (Å²) in [6.45, 7) is -0.886. The molecule has 0 spiro atoms. The summed E-state index contributed by atoms with van der Waals surface area (Å²) in [4.78, 5) is 26.9. The normalized spacial score (nSPS) is 17.4. The predicted octanol–water partition coefficient (Wildman–Crippen LogP) is -0.191. The first-order chi connectivity index (χ1) is 10.1. The predicted molar refractivity (Wildman–Crippen MR) is 75.0 cm³/mol. The molecule has 1 aliphatic carbocycles. The number of aliphatic hydroxyl groups excluding tert-OH is 2. The molecule has 21 heavy (non-hydrogen) atoms. The van der Waals surface area contributed by atoms with Crippen molar-refractivity contribution in [1.29, 1.82) is 5.26 Å². The van der Waals surface area contributed by atoms with E-state index in [0.29, 0.717) is 5.69 Å². The third-order valence-electron chi connectivity index (χ3n) is 3.94. The standard InChI is InChI=1S/C14H19N3O4/c15-6-11-12(9-4-2-1-3-5-9)16-14(21)17(13(11)20)7-10(19)8-18/h9-10,18-19H,1-5,7-8H2,(H,16,21)/t10-/m0/s1. The highest BCUT2D eigenvalue weighted by molar-refractivity contribution is 5.33. The van der Waals surface area contributed by atoms with E-state index < -0.39 is 24.0 Å². The van der Waals surface area contributed by atoms with Crippen LogP contribution in [0.25, 0.3) is 0 Å². The maximum atomic E-state index is 12.3. The van der Waals surface area contributed by atoms with Crippen LogP contribution < -0.4 is 11.2 Å². The lowest BCUT2D eigenvalue weighted by atomic mass is 9.85. The number of aromatic amines is 1. The third kappa shape index (κ3) is 3.23. The molecule has 1 fully saturated rings. The van der Waals surface area contributed by atoms with Gasteiger partial charge in [0.2, 0.25) is 0 Å². The molecule has 3 N–H and O–H groups in total. The van der Waals surface area contributed by atoms with Crippen LogP contribution in [0.4, 0.5) is 0 Å². The van der Waals surface area contributed by atoms with Crippen LogP contribution in [0.3, 0.4) is 0 Å². The van der Waals surface area contributed by atoms with Gasteiger partial charge in [-0.1, -0.05) is 19.3 Å². The van der Waals surface area contributed by atoms with Gasteiger partial charge < -0.3 is 15.2 Å². The van der Waals surface area contributed by atoms with Gasteiger partial charge in [0.1, 0.15) is 11.6 Å². The number of rotatable bonds is 4. The number of H-pyrrole nitrogens is 1. The maximum Gasteiger partial charge on any atom is 0.328 e. The number of hydrogen-bond acceptors (Lipinski definition) is 5. The average Bonchev–Trinajstić information content (AvgIpc) is 2.51. The summed E-state index contributed by atoms with van der Waals surface area (Å²) >= 11 is 0. The van der Waals surface area contributed by atoms with Crippen LogP contribution in [0.15, 0.2) is 9.59 Å². The van der Waals surface area contributed by atoms with Crippen LogP contribution in [0.1, 0.15) is 49.3 Å². The van der Waals surface area contributed by atoms with Crippen molar-refractivity contribution in [3.05, 3.63) is 32.1 Å². The molecule has 7 nitrogen and oxygen atoms in total. The molecule has 0 aromatic carbocycles. The lowest BCUT2D eigenvalue weighted by Gasteiger charge is -2.22. The SMILES string of the molecule is N#Cc1c(C2CCCCC2)[nH]c(=O)n(C[C@H](O)CO)c1=O. The first-order valence-electron chi connectivity index (χ1n) is 7.14. The van der Waals surface area contributed by atoms with Gasteiger partial charge in [-0.25, -0.2) is 4.79 Å². The molecule has 0 saturated heterocycles. The number of nitriles is 1. The van der Waals surface area contributed by atoms with Gasteiger partial charge in [0.05, 0.1) is 19.3 Å². The van der Waals surface area contributed by atoms with Crippen molar-refractivity contribution < 1.29 is 10.2 Å². The summed E-state index contributed by atoms with van der Waals surface area (Å²) in [7, 11) is 0. The lowest BCUT2D eigenvalue weighted by Crippen LogP contribution is -2.42. The molecular weight excluding hydrogens is 274 g/mol. The van der Waals surface area contributed by atoms with Gasteiger partial charge in [0, 0.05) is 11.6 Å². The third-order valence-corrected chi connectivity index (χ3v) is 3.94. The fourth-order valence-electron chi connectivity index (χ4n) is 2.83. The van der Waals surface area contributed by atoms with Crippen molar-refractivity contribution in [2.75, 3.05) is 6.61 Å². The molecule has 1 aliphatic rings. The highest BCUT2D eigenvalue weighted by Crippen LogP contribution is 2.31. The molecular formula is C14H19N3O4. The molecule has 0 aliphatic heterocycles. The van der Waals surface area contributed by atoms with E-state index >= 15 is 0 Å².